The Balaban J connectivity index is 3.22. The monoisotopic (exact) mass is 276 g/mol. The highest BCUT2D eigenvalue weighted by Crippen LogP contribution is 2.33. The molecule has 0 aliphatic rings. The lowest BCUT2D eigenvalue weighted by Gasteiger charge is -2.14. The summed E-state index contributed by atoms with van der Waals surface area (Å²) in [6, 6.07) is 0.484. The zero-order valence-corrected chi connectivity index (χ0v) is 8.82. The molecule has 9 heteroatoms. The number of nitrogens with zero attached hydrogens (tertiary/aromatic N) is 1. The van der Waals surface area contributed by atoms with Crippen molar-refractivity contribution in [1.82, 2.24) is 4.98 Å². The number of ether oxygens (including phenoxy) is 1. The van der Waals surface area contributed by atoms with Gasteiger partial charge < -0.3 is 10.5 Å². The highest BCUT2D eigenvalue weighted by atomic mass is 35.5. The van der Waals surface area contributed by atoms with Crippen LogP contribution in [0.15, 0.2) is 6.07 Å². The van der Waals surface area contributed by atoms with Gasteiger partial charge in [0.15, 0.2) is 5.75 Å². The van der Waals surface area contributed by atoms with Crippen LogP contribution in [-0.4, -0.2) is 11.3 Å². The van der Waals surface area contributed by atoms with E-state index in [0.717, 1.165) is 0 Å². The number of pyridine rings is 1. The molecule has 0 bridgehead atoms. The summed E-state index contributed by atoms with van der Waals surface area (Å²) < 4.78 is 64.2. The number of nitrogens with two attached hydrogens (primary N) is 1. The van der Waals surface area contributed by atoms with Gasteiger partial charge in [-0.25, -0.2) is 13.8 Å². The van der Waals surface area contributed by atoms with Crippen molar-refractivity contribution in [1.29, 1.82) is 0 Å². The second-order valence-electron chi connectivity index (χ2n) is 2.89. The number of hydrogen-bond acceptors (Lipinski definition) is 3. The van der Waals surface area contributed by atoms with Crippen LogP contribution in [0.3, 0.4) is 0 Å². The Bertz CT molecular complexity index is 410. The normalized spacial score (nSPS) is 11.9. The third-order valence-electron chi connectivity index (χ3n) is 1.71. The van der Waals surface area contributed by atoms with Crippen LogP contribution >= 0.6 is 11.6 Å². The molecule has 0 aromatic carbocycles. The summed E-state index contributed by atoms with van der Waals surface area (Å²) >= 11 is 5.31. The van der Waals surface area contributed by atoms with E-state index in [2.05, 4.69) is 9.72 Å². The number of aromatic nitrogens is 1. The second kappa shape index (κ2) is 4.91. The molecule has 0 aliphatic heterocycles. The van der Waals surface area contributed by atoms with Crippen molar-refractivity contribution in [3.05, 3.63) is 17.3 Å². The average Bonchev–Trinajstić information content (AvgIpc) is 2.17. The first-order chi connectivity index (χ1) is 7.74. The van der Waals surface area contributed by atoms with Gasteiger partial charge in [0.2, 0.25) is 0 Å². The van der Waals surface area contributed by atoms with Crippen LogP contribution in [-0.2, 0) is 5.88 Å². The zero-order valence-electron chi connectivity index (χ0n) is 8.06. The molecule has 0 saturated heterocycles. The third kappa shape index (κ3) is 3.58. The Labute approximate surface area is 97.3 Å². The fourth-order valence-corrected chi connectivity index (χ4v) is 1.24. The minimum Gasteiger partial charge on any atom is -0.404 e. The minimum atomic E-state index is -5.02. The van der Waals surface area contributed by atoms with E-state index in [4.69, 9.17) is 17.3 Å². The summed E-state index contributed by atoms with van der Waals surface area (Å²) in [5.74, 6) is -1.90. The Morgan fingerprint density at radius 3 is 2.41 bits per heavy atom. The van der Waals surface area contributed by atoms with E-state index in [-0.39, 0.29) is 5.69 Å². The van der Waals surface area contributed by atoms with Crippen molar-refractivity contribution in [3.8, 4) is 5.75 Å². The Kier molecular flexibility index (Phi) is 3.97. The molecule has 0 fully saturated rings. The molecule has 0 unspecified atom stereocenters. The molecular formula is C8H6ClF5N2O. The topological polar surface area (TPSA) is 48.1 Å². The van der Waals surface area contributed by atoms with Crippen LogP contribution in [0.5, 0.6) is 5.75 Å². The van der Waals surface area contributed by atoms with Crippen molar-refractivity contribution in [3.63, 3.8) is 0 Å². The molecule has 0 aliphatic carbocycles. The lowest BCUT2D eigenvalue weighted by atomic mass is 10.2. The average molecular weight is 277 g/mol. The minimum absolute atomic E-state index is 0.356. The number of rotatable bonds is 3. The first-order valence-electron chi connectivity index (χ1n) is 4.13. The van der Waals surface area contributed by atoms with Crippen molar-refractivity contribution >= 4 is 17.4 Å². The Hall–Kier alpha value is -1.31. The summed E-state index contributed by atoms with van der Waals surface area (Å²) in [5.41, 5.74) is 3.95. The van der Waals surface area contributed by atoms with E-state index in [1.54, 1.807) is 0 Å². The maximum Gasteiger partial charge on any atom is 0.573 e. The van der Waals surface area contributed by atoms with E-state index in [0.29, 0.717) is 6.07 Å². The van der Waals surface area contributed by atoms with Crippen LogP contribution < -0.4 is 10.5 Å². The summed E-state index contributed by atoms with van der Waals surface area (Å²) in [7, 11) is 0. The molecule has 0 saturated carbocycles. The van der Waals surface area contributed by atoms with Crippen LogP contribution in [0.2, 0.25) is 0 Å². The molecule has 96 valence electrons. The third-order valence-corrected chi connectivity index (χ3v) is 1.96. The van der Waals surface area contributed by atoms with Crippen LogP contribution in [0, 0.1) is 0 Å². The van der Waals surface area contributed by atoms with Gasteiger partial charge in [0, 0.05) is 0 Å². The van der Waals surface area contributed by atoms with Gasteiger partial charge in [-0.05, 0) is 6.07 Å². The predicted octanol–water partition coefficient (Wildman–Crippen LogP) is 3.24. The van der Waals surface area contributed by atoms with Crippen LogP contribution in [0.25, 0.3) is 0 Å². The van der Waals surface area contributed by atoms with Crippen molar-refractivity contribution in [2.75, 3.05) is 5.73 Å². The maximum absolute atomic E-state index is 12.4. The molecule has 0 atom stereocenters. The first-order valence-corrected chi connectivity index (χ1v) is 4.67. The number of anilines is 1. The first kappa shape index (κ1) is 13.8. The van der Waals surface area contributed by atoms with E-state index < -0.39 is 35.8 Å². The Morgan fingerprint density at radius 1 is 1.41 bits per heavy atom. The molecule has 2 N–H and O–H groups in total. The van der Waals surface area contributed by atoms with Gasteiger partial charge in [-0.15, -0.1) is 24.8 Å². The van der Waals surface area contributed by atoms with Gasteiger partial charge in [0.05, 0.1) is 17.1 Å². The molecule has 0 radical (unpaired) electrons. The number of alkyl halides is 6. The molecule has 3 nitrogen and oxygen atoms in total. The predicted molar refractivity (Wildman–Crippen MR) is 49.8 cm³/mol. The quantitative estimate of drug-likeness (QED) is 0.681. The van der Waals surface area contributed by atoms with Crippen molar-refractivity contribution in [2.24, 2.45) is 0 Å². The maximum atomic E-state index is 12.4. The lowest BCUT2D eigenvalue weighted by Crippen LogP contribution is -2.19. The fourth-order valence-electron chi connectivity index (χ4n) is 1.05. The van der Waals surface area contributed by atoms with Crippen molar-refractivity contribution < 1.29 is 26.7 Å². The fraction of sp³-hybridized carbons (Fsp3) is 0.375. The Morgan fingerprint density at radius 2 is 2.00 bits per heavy atom. The lowest BCUT2D eigenvalue weighted by molar-refractivity contribution is -0.275. The van der Waals surface area contributed by atoms with Crippen LogP contribution in [0.1, 0.15) is 17.7 Å². The van der Waals surface area contributed by atoms with Gasteiger partial charge in [-0.3, -0.25) is 0 Å². The number of hydrogen-bond donors (Lipinski definition) is 1. The van der Waals surface area contributed by atoms with E-state index >= 15 is 0 Å². The number of halogens is 6. The van der Waals surface area contributed by atoms with Gasteiger partial charge in [0.25, 0.3) is 6.43 Å². The van der Waals surface area contributed by atoms with Crippen molar-refractivity contribution in [2.45, 2.75) is 18.7 Å². The van der Waals surface area contributed by atoms with Gasteiger partial charge >= 0.3 is 6.36 Å². The summed E-state index contributed by atoms with van der Waals surface area (Å²) in [4.78, 5) is 3.34. The SMILES string of the molecule is Nc1nc(CCl)c(OC(F)(F)F)cc1C(F)F. The zero-order chi connectivity index (χ0) is 13.2. The molecule has 1 rings (SSSR count). The van der Waals surface area contributed by atoms with Gasteiger partial charge in [-0.2, -0.15) is 0 Å². The van der Waals surface area contributed by atoms with Crippen LogP contribution in [0.4, 0.5) is 27.8 Å². The molecule has 1 heterocycles. The smallest absolute Gasteiger partial charge is 0.404 e. The standard InChI is InChI=1S/C8H6ClF5N2O/c9-2-4-5(17-8(12,13)14)1-3(6(10)11)7(15)16-4/h1,6H,2H2,(H2,15,16). The highest BCUT2D eigenvalue weighted by molar-refractivity contribution is 6.17. The van der Waals surface area contributed by atoms with E-state index in [1.807, 2.05) is 0 Å². The molecule has 0 amide bonds. The molecule has 0 spiro atoms. The van der Waals surface area contributed by atoms with Gasteiger partial charge in [-0.1, -0.05) is 0 Å². The van der Waals surface area contributed by atoms with Gasteiger partial charge in [0.1, 0.15) is 5.82 Å². The van der Waals surface area contributed by atoms with E-state index in [9.17, 15) is 22.0 Å². The second-order valence-corrected chi connectivity index (χ2v) is 3.16. The largest absolute Gasteiger partial charge is 0.573 e. The van der Waals surface area contributed by atoms with E-state index in [1.165, 1.54) is 0 Å². The molecule has 1 aromatic heterocycles. The molecule has 17 heavy (non-hydrogen) atoms. The summed E-state index contributed by atoms with van der Waals surface area (Å²) in [5, 5.41) is 0. The molecule has 1 aromatic rings. The highest BCUT2D eigenvalue weighted by Gasteiger charge is 2.33. The number of nitrogen functional groups attached to an aromatic ring is 1. The summed E-state index contributed by atoms with van der Waals surface area (Å²) in [6.07, 6.45) is -8.07. The summed E-state index contributed by atoms with van der Waals surface area (Å²) in [6.45, 7) is 0. The molecular weight excluding hydrogens is 271 g/mol.